The summed E-state index contributed by atoms with van der Waals surface area (Å²) >= 11 is 6.42. The average Bonchev–Trinajstić information content (AvgIpc) is 2.89. The van der Waals surface area contributed by atoms with Gasteiger partial charge in [0.2, 0.25) is 11.8 Å². The lowest BCUT2D eigenvalue weighted by Crippen LogP contribution is -2.52. The number of amides is 2. The van der Waals surface area contributed by atoms with E-state index in [2.05, 4.69) is 5.32 Å². The molecule has 1 atom stereocenters. The zero-order valence-corrected chi connectivity index (χ0v) is 24.6. The van der Waals surface area contributed by atoms with Crippen molar-refractivity contribution in [2.75, 3.05) is 17.4 Å². The molecule has 0 aromatic heterocycles. The molecular formula is C30H36ClN3O4S. The first-order valence-electron chi connectivity index (χ1n) is 13.0. The number of anilines is 1. The maximum absolute atomic E-state index is 14.1. The van der Waals surface area contributed by atoms with Crippen LogP contribution >= 0.6 is 11.6 Å². The van der Waals surface area contributed by atoms with Gasteiger partial charge in [-0.1, -0.05) is 72.1 Å². The van der Waals surface area contributed by atoms with Crippen LogP contribution in [0.3, 0.4) is 0 Å². The largest absolute Gasteiger partial charge is 0.355 e. The Kier molecular flexibility index (Phi) is 10.2. The molecule has 0 heterocycles. The van der Waals surface area contributed by atoms with Gasteiger partial charge in [-0.05, 0) is 69.5 Å². The Morgan fingerprint density at radius 1 is 0.923 bits per heavy atom. The molecule has 0 aliphatic heterocycles. The molecule has 3 rings (SSSR count). The van der Waals surface area contributed by atoms with Gasteiger partial charge < -0.3 is 10.2 Å². The Morgan fingerprint density at radius 3 is 2.15 bits per heavy atom. The van der Waals surface area contributed by atoms with Gasteiger partial charge in [0.25, 0.3) is 10.0 Å². The van der Waals surface area contributed by atoms with Gasteiger partial charge in [0.1, 0.15) is 12.6 Å². The van der Waals surface area contributed by atoms with E-state index in [4.69, 9.17) is 11.6 Å². The first kappa shape index (κ1) is 30.2. The van der Waals surface area contributed by atoms with Crippen molar-refractivity contribution in [3.05, 3.63) is 94.0 Å². The lowest BCUT2D eigenvalue weighted by atomic mass is 10.1. The van der Waals surface area contributed by atoms with Crippen molar-refractivity contribution in [1.29, 1.82) is 0 Å². The summed E-state index contributed by atoms with van der Waals surface area (Å²) in [5.41, 5.74) is 3.67. The zero-order chi connectivity index (χ0) is 28.7. The third kappa shape index (κ3) is 7.19. The standard InChI is InChI=1S/C30H36ClN3O4S/c1-6-27(30(36)32-7-2)33(19-24-10-8-9-11-26(24)31)29(35)20-34(28-17-14-22(4)18-23(28)5)39(37,38)25-15-12-21(3)13-16-25/h8-18,27H,6-7,19-20H2,1-5H3,(H,32,36)/t27-/m1/s1. The number of rotatable bonds is 11. The fourth-order valence-corrected chi connectivity index (χ4v) is 6.13. The molecule has 2 amide bonds. The number of likely N-dealkylation sites (N-methyl/N-ethyl adjacent to an activating group) is 1. The van der Waals surface area contributed by atoms with E-state index in [0.29, 0.717) is 34.8 Å². The maximum Gasteiger partial charge on any atom is 0.264 e. The molecule has 0 spiro atoms. The summed E-state index contributed by atoms with van der Waals surface area (Å²) in [5.74, 6) is -0.816. The minimum absolute atomic E-state index is 0.0550. The molecule has 0 aliphatic carbocycles. The quantitative estimate of drug-likeness (QED) is 0.335. The number of halogens is 1. The van der Waals surface area contributed by atoms with Gasteiger partial charge in [-0.25, -0.2) is 8.42 Å². The van der Waals surface area contributed by atoms with Gasteiger partial charge >= 0.3 is 0 Å². The highest BCUT2D eigenvalue weighted by Crippen LogP contribution is 2.29. The molecule has 0 fully saturated rings. The highest BCUT2D eigenvalue weighted by Gasteiger charge is 2.34. The van der Waals surface area contributed by atoms with E-state index in [1.54, 1.807) is 49.4 Å². The number of sulfonamides is 1. The van der Waals surface area contributed by atoms with Crippen LogP contribution in [-0.2, 0) is 26.2 Å². The molecule has 0 bridgehead atoms. The molecule has 0 saturated carbocycles. The molecule has 3 aromatic rings. The number of benzene rings is 3. The lowest BCUT2D eigenvalue weighted by Gasteiger charge is -2.33. The molecule has 39 heavy (non-hydrogen) atoms. The number of carbonyl (C=O) groups excluding carboxylic acids is 2. The van der Waals surface area contributed by atoms with E-state index >= 15 is 0 Å². The molecule has 0 saturated heterocycles. The topological polar surface area (TPSA) is 86.8 Å². The molecule has 3 aromatic carbocycles. The zero-order valence-electron chi connectivity index (χ0n) is 23.1. The third-order valence-electron chi connectivity index (χ3n) is 6.54. The second-order valence-electron chi connectivity index (χ2n) is 9.55. The SMILES string of the molecule is CCNC(=O)[C@@H](CC)N(Cc1ccccc1Cl)C(=O)CN(c1ccc(C)cc1C)S(=O)(=O)c1ccc(C)cc1. The monoisotopic (exact) mass is 569 g/mol. The maximum atomic E-state index is 14.1. The van der Waals surface area contributed by atoms with Crippen molar-refractivity contribution >= 4 is 39.1 Å². The summed E-state index contributed by atoms with van der Waals surface area (Å²) in [4.78, 5) is 28.6. The van der Waals surface area contributed by atoms with Crippen LogP contribution in [0.4, 0.5) is 5.69 Å². The van der Waals surface area contributed by atoms with Gasteiger partial charge in [0, 0.05) is 18.1 Å². The predicted molar refractivity (Wildman–Crippen MR) is 156 cm³/mol. The number of carbonyl (C=O) groups is 2. The number of nitrogens with one attached hydrogen (secondary N) is 1. The minimum atomic E-state index is -4.12. The van der Waals surface area contributed by atoms with Crippen molar-refractivity contribution in [3.63, 3.8) is 0 Å². The summed E-state index contributed by atoms with van der Waals surface area (Å²) in [6.45, 7) is 9.21. The Labute approximate surface area is 236 Å². The van der Waals surface area contributed by atoms with Crippen molar-refractivity contribution in [3.8, 4) is 0 Å². The van der Waals surface area contributed by atoms with E-state index < -0.39 is 28.5 Å². The summed E-state index contributed by atoms with van der Waals surface area (Å²) in [6.07, 6.45) is 0.344. The molecule has 9 heteroatoms. The van der Waals surface area contributed by atoms with Crippen molar-refractivity contribution < 1.29 is 18.0 Å². The average molecular weight is 570 g/mol. The highest BCUT2D eigenvalue weighted by molar-refractivity contribution is 7.92. The molecular weight excluding hydrogens is 534 g/mol. The van der Waals surface area contributed by atoms with Crippen LogP contribution in [0.15, 0.2) is 71.6 Å². The molecule has 1 N–H and O–H groups in total. The minimum Gasteiger partial charge on any atom is -0.355 e. The van der Waals surface area contributed by atoms with Crippen LogP contribution in [0.5, 0.6) is 0 Å². The van der Waals surface area contributed by atoms with Gasteiger partial charge in [-0.15, -0.1) is 0 Å². The lowest BCUT2D eigenvalue weighted by molar-refractivity contribution is -0.140. The Hall–Kier alpha value is -3.36. The number of hydrogen-bond acceptors (Lipinski definition) is 4. The summed E-state index contributed by atoms with van der Waals surface area (Å²) in [6, 6.07) is 18.2. The van der Waals surface area contributed by atoms with Crippen molar-refractivity contribution in [2.45, 2.75) is 58.5 Å². The summed E-state index contributed by atoms with van der Waals surface area (Å²) in [7, 11) is -4.12. The van der Waals surface area contributed by atoms with Crippen LogP contribution in [0.25, 0.3) is 0 Å². The van der Waals surface area contributed by atoms with Crippen molar-refractivity contribution in [1.82, 2.24) is 10.2 Å². The normalized spacial score (nSPS) is 12.1. The Morgan fingerprint density at radius 2 is 1.56 bits per heavy atom. The summed E-state index contributed by atoms with van der Waals surface area (Å²) in [5, 5.41) is 3.25. The van der Waals surface area contributed by atoms with Crippen LogP contribution < -0.4 is 9.62 Å². The van der Waals surface area contributed by atoms with E-state index in [1.807, 2.05) is 39.8 Å². The first-order valence-corrected chi connectivity index (χ1v) is 14.8. The molecule has 0 unspecified atom stereocenters. The third-order valence-corrected chi connectivity index (χ3v) is 8.69. The van der Waals surface area contributed by atoms with Gasteiger partial charge in [-0.2, -0.15) is 0 Å². The van der Waals surface area contributed by atoms with Crippen LogP contribution in [0.1, 0.15) is 42.5 Å². The smallest absolute Gasteiger partial charge is 0.264 e. The van der Waals surface area contributed by atoms with E-state index in [-0.39, 0.29) is 17.3 Å². The fourth-order valence-electron chi connectivity index (χ4n) is 4.46. The van der Waals surface area contributed by atoms with E-state index in [0.717, 1.165) is 15.4 Å². The van der Waals surface area contributed by atoms with Crippen LogP contribution in [-0.4, -0.2) is 44.3 Å². The highest BCUT2D eigenvalue weighted by atomic mass is 35.5. The number of hydrogen-bond donors (Lipinski definition) is 1. The molecule has 7 nitrogen and oxygen atoms in total. The number of aryl methyl sites for hydroxylation is 3. The predicted octanol–water partition coefficient (Wildman–Crippen LogP) is 5.40. The van der Waals surface area contributed by atoms with E-state index in [1.165, 1.54) is 17.0 Å². The molecule has 0 radical (unpaired) electrons. The van der Waals surface area contributed by atoms with E-state index in [9.17, 15) is 18.0 Å². The van der Waals surface area contributed by atoms with Gasteiger partial charge in [0.15, 0.2) is 0 Å². The van der Waals surface area contributed by atoms with Crippen LogP contribution in [0, 0.1) is 20.8 Å². The summed E-state index contributed by atoms with van der Waals surface area (Å²) < 4.78 is 29.1. The Balaban J connectivity index is 2.11. The fraction of sp³-hybridized carbons (Fsp3) is 0.333. The van der Waals surface area contributed by atoms with Crippen molar-refractivity contribution in [2.24, 2.45) is 0 Å². The second kappa shape index (κ2) is 13.1. The molecule has 0 aliphatic rings. The first-order chi connectivity index (χ1) is 18.5. The molecule has 208 valence electrons. The van der Waals surface area contributed by atoms with Gasteiger partial charge in [-0.3, -0.25) is 13.9 Å². The van der Waals surface area contributed by atoms with Gasteiger partial charge in [0.05, 0.1) is 10.6 Å². The Bertz CT molecular complexity index is 1420. The van der Waals surface area contributed by atoms with Crippen LogP contribution in [0.2, 0.25) is 5.02 Å². The second-order valence-corrected chi connectivity index (χ2v) is 11.8. The number of nitrogens with zero attached hydrogens (tertiary/aromatic N) is 2.